The molecule has 0 atom stereocenters. The minimum atomic E-state index is 0.114. The summed E-state index contributed by atoms with van der Waals surface area (Å²) in [5, 5.41) is 0. The molecular formula is C9H13N2O. The largest absolute Gasteiger partial charge is 0.364 e. The van der Waals surface area contributed by atoms with Crippen LogP contribution >= 0.6 is 0 Å². The molecule has 1 rings (SSSR count). The second-order valence-electron chi connectivity index (χ2n) is 2.92. The smallest absolute Gasteiger partial charge is 0.241 e. The molecule has 1 heterocycles. The molecule has 0 N–H and O–H groups in total. The maximum absolute atomic E-state index is 11.2. The van der Waals surface area contributed by atoms with E-state index in [2.05, 4.69) is 6.08 Å². The van der Waals surface area contributed by atoms with Crippen LogP contribution in [0.4, 0.5) is 0 Å². The molecule has 65 valence electrons. The van der Waals surface area contributed by atoms with Gasteiger partial charge in [0.2, 0.25) is 5.91 Å². The molecule has 0 bridgehead atoms. The fourth-order valence-corrected chi connectivity index (χ4v) is 0.883. The van der Waals surface area contributed by atoms with Crippen LogP contribution in [-0.4, -0.2) is 42.9 Å². The van der Waals surface area contributed by atoms with Crippen LogP contribution < -0.4 is 0 Å². The molecule has 0 aliphatic carbocycles. The maximum Gasteiger partial charge on any atom is 0.241 e. The summed E-state index contributed by atoms with van der Waals surface area (Å²) in [7, 11) is 3.52. The monoisotopic (exact) mass is 165 g/mol. The standard InChI is InChI=1S/C9H13N2O/c1-10(2)9(12)8-11-6-4-3-5-7-11/h3-4,7H,6,8H2,1-2H3. The van der Waals surface area contributed by atoms with Gasteiger partial charge in [0.05, 0.1) is 6.54 Å². The second-order valence-corrected chi connectivity index (χ2v) is 2.92. The minimum absolute atomic E-state index is 0.114. The third-order valence-electron chi connectivity index (χ3n) is 1.65. The van der Waals surface area contributed by atoms with Crippen molar-refractivity contribution in [2.24, 2.45) is 0 Å². The zero-order chi connectivity index (χ0) is 8.97. The highest BCUT2D eigenvalue weighted by molar-refractivity contribution is 5.77. The number of carbonyl (C=O) groups excluding carboxylic acids is 1. The number of carbonyl (C=O) groups is 1. The van der Waals surface area contributed by atoms with E-state index in [9.17, 15) is 4.79 Å². The van der Waals surface area contributed by atoms with Gasteiger partial charge < -0.3 is 9.80 Å². The second kappa shape index (κ2) is 3.95. The van der Waals surface area contributed by atoms with Gasteiger partial charge in [-0.3, -0.25) is 4.79 Å². The molecule has 0 unspecified atom stereocenters. The van der Waals surface area contributed by atoms with E-state index in [1.165, 1.54) is 0 Å². The predicted octanol–water partition coefficient (Wildman–Crippen LogP) is 0.263. The molecule has 0 spiro atoms. The molecule has 1 aliphatic heterocycles. The average molecular weight is 165 g/mol. The average Bonchev–Trinajstić information content (AvgIpc) is 2.06. The van der Waals surface area contributed by atoms with Gasteiger partial charge in [0, 0.05) is 26.8 Å². The summed E-state index contributed by atoms with van der Waals surface area (Å²) in [5.41, 5.74) is 0. The van der Waals surface area contributed by atoms with Crippen LogP contribution in [-0.2, 0) is 4.79 Å². The summed E-state index contributed by atoms with van der Waals surface area (Å²) < 4.78 is 0. The first-order valence-corrected chi connectivity index (χ1v) is 3.89. The lowest BCUT2D eigenvalue weighted by atomic mass is 10.3. The summed E-state index contributed by atoms with van der Waals surface area (Å²) in [6.07, 6.45) is 8.57. The highest BCUT2D eigenvalue weighted by Crippen LogP contribution is 1.97. The number of allylic oxidation sites excluding steroid dienone is 2. The Kier molecular flexibility index (Phi) is 2.91. The molecule has 0 saturated carbocycles. The highest BCUT2D eigenvalue weighted by atomic mass is 16.2. The van der Waals surface area contributed by atoms with E-state index in [0.29, 0.717) is 6.54 Å². The van der Waals surface area contributed by atoms with Crippen LogP contribution in [0, 0.1) is 6.08 Å². The number of likely N-dealkylation sites (N-methyl/N-ethyl adjacent to an activating group) is 1. The maximum atomic E-state index is 11.2. The predicted molar refractivity (Wildman–Crippen MR) is 47.2 cm³/mol. The van der Waals surface area contributed by atoms with E-state index in [1.54, 1.807) is 25.2 Å². The van der Waals surface area contributed by atoms with E-state index >= 15 is 0 Å². The Labute approximate surface area is 73.0 Å². The Hall–Kier alpha value is -1.25. The van der Waals surface area contributed by atoms with E-state index in [0.717, 1.165) is 6.54 Å². The Morgan fingerprint density at radius 1 is 1.67 bits per heavy atom. The van der Waals surface area contributed by atoms with Crippen molar-refractivity contribution in [3.63, 3.8) is 0 Å². The van der Waals surface area contributed by atoms with Crippen LogP contribution in [0.2, 0.25) is 0 Å². The van der Waals surface area contributed by atoms with Gasteiger partial charge in [0.1, 0.15) is 0 Å². The summed E-state index contributed by atoms with van der Waals surface area (Å²) in [6.45, 7) is 1.23. The summed E-state index contributed by atoms with van der Waals surface area (Å²) >= 11 is 0. The molecular weight excluding hydrogens is 152 g/mol. The molecule has 3 nitrogen and oxygen atoms in total. The van der Waals surface area contributed by atoms with Crippen LogP contribution in [0.15, 0.2) is 18.4 Å². The van der Waals surface area contributed by atoms with Gasteiger partial charge in [0.15, 0.2) is 0 Å². The number of amides is 1. The van der Waals surface area contributed by atoms with Crippen molar-refractivity contribution < 1.29 is 4.79 Å². The lowest BCUT2D eigenvalue weighted by Crippen LogP contribution is -2.34. The quantitative estimate of drug-likeness (QED) is 0.586. The van der Waals surface area contributed by atoms with Gasteiger partial charge in [-0.1, -0.05) is 12.2 Å². The molecule has 1 amide bonds. The Balaban J connectivity index is 2.37. The van der Waals surface area contributed by atoms with Crippen LogP contribution in [0.3, 0.4) is 0 Å². The van der Waals surface area contributed by atoms with Crippen molar-refractivity contribution in [1.82, 2.24) is 9.80 Å². The first-order chi connectivity index (χ1) is 5.70. The molecule has 3 heteroatoms. The Morgan fingerprint density at radius 3 is 2.92 bits per heavy atom. The van der Waals surface area contributed by atoms with Crippen molar-refractivity contribution in [2.75, 3.05) is 27.2 Å². The summed E-state index contributed by atoms with van der Waals surface area (Å²) in [6, 6.07) is 0. The highest BCUT2D eigenvalue weighted by Gasteiger charge is 2.08. The fourth-order valence-electron chi connectivity index (χ4n) is 0.883. The van der Waals surface area contributed by atoms with Gasteiger partial charge in [-0.2, -0.15) is 0 Å². The molecule has 0 aromatic heterocycles. The zero-order valence-corrected chi connectivity index (χ0v) is 7.45. The summed E-state index contributed by atoms with van der Waals surface area (Å²) in [4.78, 5) is 14.7. The number of rotatable bonds is 2. The number of hydrogen-bond donors (Lipinski definition) is 0. The van der Waals surface area contributed by atoms with Crippen molar-refractivity contribution in [3.05, 3.63) is 24.4 Å². The van der Waals surface area contributed by atoms with E-state index < -0.39 is 0 Å². The SMILES string of the molecule is CN(C)C(=O)CN1C=[C]C=CC1. The van der Waals surface area contributed by atoms with Crippen LogP contribution in [0.5, 0.6) is 0 Å². The Morgan fingerprint density at radius 2 is 2.42 bits per heavy atom. The van der Waals surface area contributed by atoms with E-state index in [4.69, 9.17) is 0 Å². The van der Waals surface area contributed by atoms with Crippen molar-refractivity contribution in [1.29, 1.82) is 0 Å². The van der Waals surface area contributed by atoms with E-state index in [-0.39, 0.29) is 5.91 Å². The first kappa shape index (κ1) is 8.84. The summed E-state index contributed by atoms with van der Waals surface area (Å²) in [5.74, 6) is 0.114. The topological polar surface area (TPSA) is 23.6 Å². The van der Waals surface area contributed by atoms with Crippen molar-refractivity contribution >= 4 is 5.91 Å². The van der Waals surface area contributed by atoms with Gasteiger partial charge >= 0.3 is 0 Å². The molecule has 1 aliphatic rings. The van der Waals surface area contributed by atoms with Gasteiger partial charge in [0.25, 0.3) is 0 Å². The Bertz CT molecular complexity index is 219. The van der Waals surface area contributed by atoms with Gasteiger partial charge in [-0.05, 0) is 6.08 Å². The zero-order valence-electron chi connectivity index (χ0n) is 7.45. The lowest BCUT2D eigenvalue weighted by Gasteiger charge is -2.21. The van der Waals surface area contributed by atoms with Gasteiger partial charge in [-0.25, -0.2) is 0 Å². The third-order valence-corrected chi connectivity index (χ3v) is 1.65. The normalized spacial score (nSPS) is 15.0. The number of hydrogen-bond acceptors (Lipinski definition) is 2. The molecule has 0 saturated heterocycles. The third kappa shape index (κ3) is 2.42. The lowest BCUT2D eigenvalue weighted by molar-refractivity contribution is -0.129. The molecule has 0 aromatic carbocycles. The van der Waals surface area contributed by atoms with Crippen LogP contribution in [0.25, 0.3) is 0 Å². The van der Waals surface area contributed by atoms with Gasteiger partial charge in [-0.15, -0.1) is 0 Å². The van der Waals surface area contributed by atoms with E-state index in [1.807, 2.05) is 17.1 Å². The molecule has 1 radical (unpaired) electrons. The van der Waals surface area contributed by atoms with Crippen molar-refractivity contribution in [2.45, 2.75) is 0 Å². The van der Waals surface area contributed by atoms with Crippen LogP contribution in [0.1, 0.15) is 0 Å². The first-order valence-electron chi connectivity index (χ1n) is 3.89. The fraction of sp³-hybridized carbons (Fsp3) is 0.444. The van der Waals surface area contributed by atoms with Crippen molar-refractivity contribution in [3.8, 4) is 0 Å². The minimum Gasteiger partial charge on any atom is -0.364 e. The molecule has 0 fully saturated rings. The number of nitrogens with zero attached hydrogens (tertiary/aromatic N) is 2. The molecule has 0 aromatic rings. The molecule has 12 heavy (non-hydrogen) atoms.